The van der Waals surface area contributed by atoms with Crippen LogP contribution in [-0.2, 0) is 0 Å². The van der Waals surface area contributed by atoms with Crippen LogP contribution in [0, 0.1) is 0 Å². The third-order valence-electron chi connectivity index (χ3n) is 2.50. The molecule has 0 aromatic heterocycles. The quantitative estimate of drug-likeness (QED) is 0.880. The van der Waals surface area contributed by atoms with Crippen LogP contribution < -0.4 is 4.74 Å². The fourth-order valence-corrected chi connectivity index (χ4v) is 1.95. The van der Waals surface area contributed by atoms with Gasteiger partial charge in [0.2, 0.25) is 0 Å². The van der Waals surface area contributed by atoms with E-state index >= 15 is 0 Å². The Kier molecular flexibility index (Phi) is 5.28. The monoisotopic (exact) mass is 282 g/mol. The Labute approximate surface area is 108 Å². The number of aliphatic hydroxyl groups is 1. The Hall–Kier alpha value is -0.940. The molecular weight excluding hydrogens is 269 g/mol. The highest BCUT2D eigenvalue weighted by molar-refractivity contribution is 6.31. The zero-order valence-corrected chi connectivity index (χ0v) is 10.6. The van der Waals surface area contributed by atoms with Crippen LogP contribution in [0.15, 0.2) is 18.2 Å². The minimum absolute atomic E-state index is 0.0143. The molecule has 1 N–H and O–H groups in total. The predicted molar refractivity (Wildman–Crippen MR) is 62.9 cm³/mol. The van der Waals surface area contributed by atoms with E-state index in [0.717, 1.165) is 0 Å². The second-order valence-corrected chi connectivity index (χ2v) is 4.29. The van der Waals surface area contributed by atoms with E-state index in [1.165, 1.54) is 7.11 Å². The van der Waals surface area contributed by atoms with Gasteiger partial charge in [-0.1, -0.05) is 17.7 Å². The molecule has 0 spiro atoms. The van der Waals surface area contributed by atoms with Crippen molar-refractivity contribution in [3.63, 3.8) is 0 Å². The lowest BCUT2D eigenvalue weighted by atomic mass is 10.0. The average molecular weight is 283 g/mol. The van der Waals surface area contributed by atoms with Gasteiger partial charge in [-0.3, -0.25) is 0 Å². The summed E-state index contributed by atoms with van der Waals surface area (Å²) in [7, 11) is 1.41. The van der Waals surface area contributed by atoms with Crippen molar-refractivity contribution >= 4 is 11.6 Å². The molecule has 0 fully saturated rings. The van der Waals surface area contributed by atoms with Gasteiger partial charge in [-0.15, -0.1) is 0 Å². The Balaban J connectivity index is 2.69. The van der Waals surface area contributed by atoms with Gasteiger partial charge in [0.25, 0.3) is 0 Å². The van der Waals surface area contributed by atoms with Crippen molar-refractivity contribution < 1.29 is 23.0 Å². The van der Waals surface area contributed by atoms with Crippen molar-refractivity contribution in [3.05, 3.63) is 28.8 Å². The van der Waals surface area contributed by atoms with Gasteiger partial charge in [-0.05, 0) is 25.0 Å². The van der Waals surface area contributed by atoms with Gasteiger partial charge in [0.05, 0.1) is 18.2 Å². The molecule has 0 aliphatic rings. The van der Waals surface area contributed by atoms with Crippen molar-refractivity contribution in [1.82, 2.24) is 0 Å². The number of alkyl halides is 3. The molecule has 1 aromatic carbocycles. The summed E-state index contributed by atoms with van der Waals surface area (Å²) in [6.45, 7) is 0. The molecule has 1 aromatic rings. The molecule has 2 nitrogen and oxygen atoms in total. The second kappa shape index (κ2) is 6.29. The van der Waals surface area contributed by atoms with Gasteiger partial charge in [0, 0.05) is 12.0 Å². The number of hydrogen-bond donors (Lipinski definition) is 1. The number of rotatable bonds is 5. The average Bonchev–Trinajstić information content (AvgIpc) is 2.26. The first-order valence-electron chi connectivity index (χ1n) is 5.42. The molecule has 0 saturated heterocycles. The van der Waals surface area contributed by atoms with E-state index in [1.807, 2.05) is 0 Å². The maximum atomic E-state index is 12.0. The molecule has 102 valence electrons. The summed E-state index contributed by atoms with van der Waals surface area (Å²) in [4.78, 5) is 0. The van der Waals surface area contributed by atoms with Crippen molar-refractivity contribution in [3.8, 4) is 5.75 Å². The third kappa shape index (κ3) is 4.38. The number of benzene rings is 1. The number of hydrogen-bond acceptors (Lipinski definition) is 2. The smallest absolute Gasteiger partial charge is 0.389 e. The minimum atomic E-state index is -4.20. The van der Waals surface area contributed by atoms with Crippen LogP contribution in [0.1, 0.15) is 30.9 Å². The first-order valence-corrected chi connectivity index (χ1v) is 5.80. The van der Waals surface area contributed by atoms with E-state index in [1.54, 1.807) is 18.2 Å². The molecule has 0 aliphatic heterocycles. The standard InChI is InChI=1S/C12H14ClF3O2/c1-18-10-6-2-4-8(13)11(10)9(17)5-3-7-12(14,15)16/h2,4,6,9,17H,3,5,7H2,1H3. The van der Waals surface area contributed by atoms with Crippen LogP contribution in [0.25, 0.3) is 0 Å². The molecule has 0 heterocycles. The van der Waals surface area contributed by atoms with Gasteiger partial charge in [-0.2, -0.15) is 13.2 Å². The Morgan fingerprint density at radius 1 is 1.39 bits per heavy atom. The molecule has 0 amide bonds. The van der Waals surface area contributed by atoms with Crippen LogP contribution in [0.3, 0.4) is 0 Å². The summed E-state index contributed by atoms with van der Waals surface area (Å²) in [5.74, 6) is 0.377. The zero-order valence-electron chi connectivity index (χ0n) is 9.80. The van der Waals surface area contributed by atoms with Crippen molar-refractivity contribution in [2.24, 2.45) is 0 Å². The molecule has 0 radical (unpaired) electrons. The van der Waals surface area contributed by atoms with E-state index < -0.39 is 18.7 Å². The lowest BCUT2D eigenvalue weighted by Gasteiger charge is -2.16. The summed E-state index contributed by atoms with van der Waals surface area (Å²) < 4.78 is 41.0. The molecule has 18 heavy (non-hydrogen) atoms. The highest BCUT2D eigenvalue weighted by atomic mass is 35.5. The number of aliphatic hydroxyl groups excluding tert-OH is 1. The van der Waals surface area contributed by atoms with Gasteiger partial charge in [0.1, 0.15) is 5.75 Å². The SMILES string of the molecule is COc1cccc(Cl)c1C(O)CCCC(F)(F)F. The number of halogens is 4. The van der Waals surface area contributed by atoms with Crippen LogP contribution in [0.2, 0.25) is 5.02 Å². The fraction of sp³-hybridized carbons (Fsp3) is 0.500. The fourth-order valence-electron chi connectivity index (χ4n) is 1.66. The van der Waals surface area contributed by atoms with Crippen LogP contribution in [0.4, 0.5) is 13.2 Å². The van der Waals surface area contributed by atoms with E-state index in [-0.39, 0.29) is 17.9 Å². The third-order valence-corrected chi connectivity index (χ3v) is 2.83. The van der Waals surface area contributed by atoms with E-state index in [4.69, 9.17) is 16.3 Å². The maximum Gasteiger partial charge on any atom is 0.389 e. The van der Waals surface area contributed by atoms with E-state index in [0.29, 0.717) is 11.3 Å². The van der Waals surface area contributed by atoms with E-state index in [2.05, 4.69) is 0 Å². The molecule has 0 saturated carbocycles. The van der Waals surface area contributed by atoms with Crippen molar-refractivity contribution in [2.45, 2.75) is 31.5 Å². The lowest BCUT2D eigenvalue weighted by molar-refractivity contribution is -0.136. The Morgan fingerprint density at radius 3 is 2.61 bits per heavy atom. The normalized spacial score (nSPS) is 13.4. The van der Waals surface area contributed by atoms with Crippen molar-refractivity contribution in [2.75, 3.05) is 7.11 Å². The van der Waals surface area contributed by atoms with Gasteiger partial charge < -0.3 is 9.84 Å². The molecule has 0 bridgehead atoms. The number of ether oxygens (including phenoxy) is 1. The predicted octanol–water partition coefficient (Wildman–Crippen LogP) is 4.11. The Morgan fingerprint density at radius 2 is 2.06 bits per heavy atom. The molecule has 1 rings (SSSR count). The summed E-state index contributed by atoms with van der Waals surface area (Å²) in [6, 6.07) is 4.81. The summed E-state index contributed by atoms with van der Waals surface area (Å²) in [5, 5.41) is 10.2. The molecule has 1 atom stereocenters. The van der Waals surface area contributed by atoms with E-state index in [9.17, 15) is 18.3 Å². The van der Waals surface area contributed by atoms with Crippen LogP contribution >= 0.6 is 11.6 Å². The van der Waals surface area contributed by atoms with Crippen LogP contribution in [-0.4, -0.2) is 18.4 Å². The van der Waals surface area contributed by atoms with Gasteiger partial charge >= 0.3 is 6.18 Å². The summed E-state index contributed by atoms with van der Waals surface area (Å²) >= 11 is 5.91. The topological polar surface area (TPSA) is 29.5 Å². The summed E-state index contributed by atoms with van der Waals surface area (Å²) in [6.07, 6.45) is -6.35. The van der Waals surface area contributed by atoms with Crippen LogP contribution in [0.5, 0.6) is 5.75 Å². The highest BCUT2D eigenvalue weighted by Gasteiger charge is 2.27. The van der Waals surface area contributed by atoms with Gasteiger partial charge in [0.15, 0.2) is 0 Å². The zero-order chi connectivity index (χ0) is 13.8. The molecule has 6 heteroatoms. The number of methoxy groups -OCH3 is 1. The highest BCUT2D eigenvalue weighted by Crippen LogP contribution is 2.35. The molecular formula is C12H14ClF3O2. The second-order valence-electron chi connectivity index (χ2n) is 3.88. The van der Waals surface area contributed by atoms with Gasteiger partial charge in [-0.25, -0.2) is 0 Å². The first-order chi connectivity index (χ1) is 8.35. The minimum Gasteiger partial charge on any atom is -0.496 e. The Bertz CT molecular complexity index is 393. The lowest BCUT2D eigenvalue weighted by Crippen LogP contribution is -2.08. The summed E-state index contributed by atoms with van der Waals surface area (Å²) in [5.41, 5.74) is 0.337. The van der Waals surface area contributed by atoms with Crippen molar-refractivity contribution in [1.29, 1.82) is 0 Å². The maximum absolute atomic E-state index is 12.0. The molecule has 1 unspecified atom stereocenters. The largest absolute Gasteiger partial charge is 0.496 e. The first kappa shape index (κ1) is 15.1. The molecule has 0 aliphatic carbocycles.